The zero-order chi connectivity index (χ0) is 18.9. The smallest absolute Gasteiger partial charge is 0.249 e. The van der Waals surface area contributed by atoms with E-state index in [0.29, 0.717) is 30.0 Å². The molecule has 1 atom stereocenters. The van der Waals surface area contributed by atoms with Crippen molar-refractivity contribution in [1.29, 1.82) is 0 Å². The summed E-state index contributed by atoms with van der Waals surface area (Å²) in [4.78, 5) is 26.8. The van der Waals surface area contributed by atoms with Gasteiger partial charge in [-0.3, -0.25) is 19.8 Å². The van der Waals surface area contributed by atoms with E-state index in [4.69, 9.17) is 16.1 Å². The van der Waals surface area contributed by atoms with Crippen LogP contribution in [-0.4, -0.2) is 23.0 Å². The van der Waals surface area contributed by atoms with E-state index >= 15 is 0 Å². The molecule has 26 heavy (non-hydrogen) atoms. The number of nitrogens with one attached hydrogen (secondary N) is 1. The van der Waals surface area contributed by atoms with Crippen molar-refractivity contribution in [2.24, 2.45) is 0 Å². The van der Waals surface area contributed by atoms with Crippen molar-refractivity contribution in [3.63, 3.8) is 0 Å². The Labute approximate surface area is 157 Å². The summed E-state index contributed by atoms with van der Waals surface area (Å²) >= 11 is 5.93. The number of halogens is 1. The first-order valence-electron chi connectivity index (χ1n) is 8.61. The molecule has 0 saturated carbocycles. The SMILES string of the molecule is CC(C)(C)c1cc(NC(=O)C2CCCC(=O)N2c2ccc(Cl)cc2)on1. The average Bonchev–Trinajstić information content (AvgIpc) is 3.04. The Bertz CT molecular complexity index is 808. The van der Waals surface area contributed by atoms with Gasteiger partial charge in [-0.05, 0) is 37.1 Å². The van der Waals surface area contributed by atoms with Crippen molar-refractivity contribution < 1.29 is 14.1 Å². The Hall–Kier alpha value is -2.34. The molecule has 7 heteroatoms. The van der Waals surface area contributed by atoms with Gasteiger partial charge in [0.1, 0.15) is 6.04 Å². The van der Waals surface area contributed by atoms with Gasteiger partial charge in [0.2, 0.25) is 17.7 Å². The molecule has 1 N–H and O–H groups in total. The second kappa shape index (κ2) is 7.11. The van der Waals surface area contributed by atoms with Crippen LogP contribution >= 0.6 is 11.6 Å². The number of anilines is 2. The maximum atomic E-state index is 12.8. The monoisotopic (exact) mass is 375 g/mol. The summed E-state index contributed by atoms with van der Waals surface area (Å²) in [7, 11) is 0. The molecule has 1 aromatic carbocycles. The van der Waals surface area contributed by atoms with Crippen LogP contribution in [-0.2, 0) is 15.0 Å². The van der Waals surface area contributed by atoms with Crippen molar-refractivity contribution in [3.05, 3.63) is 41.0 Å². The maximum Gasteiger partial charge on any atom is 0.249 e. The van der Waals surface area contributed by atoms with E-state index in [1.807, 2.05) is 20.8 Å². The lowest BCUT2D eigenvalue weighted by Crippen LogP contribution is -2.50. The van der Waals surface area contributed by atoms with Gasteiger partial charge >= 0.3 is 0 Å². The van der Waals surface area contributed by atoms with Gasteiger partial charge in [-0.25, -0.2) is 0 Å². The van der Waals surface area contributed by atoms with Crippen LogP contribution < -0.4 is 10.2 Å². The minimum atomic E-state index is -0.597. The van der Waals surface area contributed by atoms with E-state index in [-0.39, 0.29) is 23.1 Å². The molecule has 0 aliphatic carbocycles. The summed E-state index contributed by atoms with van der Waals surface area (Å²) in [5.41, 5.74) is 1.23. The Morgan fingerprint density at radius 1 is 1.31 bits per heavy atom. The highest BCUT2D eigenvalue weighted by Gasteiger charge is 2.35. The summed E-state index contributed by atoms with van der Waals surface area (Å²) in [6.07, 6.45) is 1.67. The summed E-state index contributed by atoms with van der Waals surface area (Å²) < 4.78 is 5.23. The van der Waals surface area contributed by atoms with Gasteiger partial charge in [0, 0.05) is 28.6 Å². The topological polar surface area (TPSA) is 75.4 Å². The van der Waals surface area contributed by atoms with E-state index < -0.39 is 6.04 Å². The van der Waals surface area contributed by atoms with Gasteiger partial charge < -0.3 is 4.52 Å². The highest BCUT2D eigenvalue weighted by atomic mass is 35.5. The van der Waals surface area contributed by atoms with Gasteiger partial charge in [0.15, 0.2) is 0 Å². The number of rotatable bonds is 3. The molecule has 2 heterocycles. The minimum absolute atomic E-state index is 0.0772. The zero-order valence-corrected chi connectivity index (χ0v) is 15.8. The first-order chi connectivity index (χ1) is 12.3. The number of benzene rings is 1. The van der Waals surface area contributed by atoms with Crippen LogP contribution in [0.4, 0.5) is 11.6 Å². The summed E-state index contributed by atoms with van der Waals surface area (Å²) in [6.45, 7) is 6.04. The number of nitrogens with zero attached hydrogens (tertiary/aromatic N) is 2. The molecule has 138 valence electrons. The third-order valence-corrected chi connectivity index (χ3v) is 4.63. The van der Waals surface area contributed by atoms with Crippen molar-refractivity contribution in [2.45, 2.75) is 51.5 Å². The van der Waals surface area contributed by atoms with Gasteiger partial charge in [-0.1, -0.05) is 37.5 Å². The van der Waals surface area contributed by atoms with E-state index in [1.54, 1.807) is 30.3 Å². The molecule has 3 rings (SSSR count). The third-order valence-electron chi connectivity index (χ3n) is 4.38. The van der Waals surface area contributed by atoms with Crippen molar-refractivity contribution >= 4 is 35.0 Å². The van der Waals surface area contributed by atoms with Crippen LogP contribution in [0.2, 0.25) is 5.02 Å². The number of aromatic nitrogens is 1. The van der Waals surface area contributed by atoms with Crippen molar-refractivity contribution in [2.75, 3.05) is 10.2 Å². The fourth-order valence-electron chi connectivity index (χ4n) is 2.94. The number of amides is 2. The molecule has 1 unspecified atom stereocenters. The van der Waals surface area contributed by atoms with Crippen molar-refractivity contribution in [1.82, 2.24) is 5.16 Å². The number of carbonyl (C=O) groups excluding carboxylic acids is 2. The van der Waals surface area contributed by atoms with Crippen LogP contribution in [0, 0.1) is 0 Å². The molecule has 2 amide bonds. The molecule has 1 aliphatic heterocycles. The highest BCUT2D eigenvalue weighted by molar-refractivity contribution is 6.30. The number of hydrogen-bond acceptors (Lipinski definition) is 4. The van der Waals surface area contributed by atoms with Gasteiger partial charge in [0.25, 0.3) is 0 Å². The third kappa shape index (κ3) is 3.90. The highest BCUT2D eigenvalue weighted by Crippen LogP contribution is 2.29. The van der Waals surface area contributed by atoms with Crippen LogP contribution in [0.3, 0.4) is 0 Å². The molecule has 1 aromatic heterocycles. The fourth-order valence-corrected chi connectivity index (χ4v) is 3.06. The first kappa shape index (κ1) is 18.5. The summed E-state index contributed by atoms with van der Waals surface area (Å²) in [5.74, 6) is -0.0784. The van der Waals surface area contributed by atoms with E-state index in [0.717, 1.165) is 5.69 Å². The zero-order valence-electron chi connectivity index (χ0n) is 15.1. The molecule has 0 radical (unpaired) electrons. The van der Waals surface area contributed by atoms with Crippen LogP contribution in [0.5, 0.6) is 0 Å². The van der Waals surface area contributed by atoms with Gasteiger partial charge in [-0.15, -0.1) is 0 Å². The maximum absolute atomic E-state index is 12.8. The Morgan fingerprint density at radius 3 is 2.62 bits per heavy atom. The lowest BCUT2D eigenvalue weighted by Gasteiger charge is -2.34. The molecular formula is C19H22ClN3O3. The molecule has 2 aromatic rings. The largest absolute Gasteiger partial charge is 0.338 e. The number of carbonyl (C=O) groups is 2. The van der Waals surface area contributed by atoms with Crippen LogP contribution in [0.1, 0.15) is 45.7 Å². The average molecular weight is 376 g/mol. The lowest BCUT2D eigenvalue weighted by atomic mass is 9.92. The predicted octanol–water partition coefficient (Wildman–Crippen LogP) is 4.15. The second-order valence-corrected chi connectivity index (χ2v) is 7.90. The van der Waals surface area contributed by atoms with Crippen molar-refractivity contribution in [3.8, 4) is 0 Å². The summed E-state index contributed by atoms with van der Waals surface area (Å²) in [5, 5.41) is 7.33. The standard InChI is InChI=1S/C19H22ClN3O3/c1-19(2,3)15-11-16(26-22-15)21-18(25)14-5-4-6-17(24)23(14)13-9-7-12(20)8-10-13/h7-11,14H,4-6H2,1-3H3,(H,21,25). The Balaban J connectivity index is 1.80. The van der Waals surface area contributed by atoms with E-state index in [2.05, 4.69) is 10.5 Å². The van der Waals surface area contributed by atoms with Gasteiger partial charge in [-0.2, -0.15) is 0 Å². The Morgan fingerprint density at radius 2 is 2.00 bits per heavy atom. The molecular weight excluding hydrogens is 354 g/mol. The summed E-state index contributed by atoms with van der Waals surface area (Å²) in [6, 6.07) is 8.03. The number of piperidine rings is 1. The molecule has 6 nitrogen and oxygen atoms in total. The van der Waals surface area contributed by atoms with Crippen LogP contribution in [0.25, 0.3) is 0 Å². The Kier molecular flexibility index (Phi) is 5.05. The predicted molar refractivity (Wildman–Crippen MR) is 100 cm³/mol. The quantitative estimate of drug-likeness (QED) is 0.874. The number of hydrogen-bond donors (Lipinski definition) is 1. The second-order valence-electron chi connectivity index (χ2n) is 7.46. The van der Waals surface area contributed by atoms with E-state index in [9.17, 15) is 9.59 Å². The molecule has 0 bridgehead atoms. The molecule has 1 aliphatic rings. The van der Waals surface area contributed by atoms with Gasteiger partial charge in [0.05, 0.1) is 5.69 Å². The van der Waals surface area contributed by atoms with E-state index in [1.165, 1.54) is 4.90 Å². The van der Waals surface area contributed by atoms with Crippen LogP contribution in [0.15, 0.2) is 34.9 Å². The fraction of sp³-hybridized carbons (Fsp3) is 0.421. The molecule has 1 saturated heterocycles. The lowest BCUT2D eigenvalue weighted by molar-refractivity contribution is -0.125. The molecule has 0 spiro atoms. The minimum Gasteiger partial charge on any atom is -0.338 e. The normalized spacial score (nSPS) is 18.1. The first-order valence-corrected chi connectivity index (χ1v) is 8.99. The molecule has 1 fully saturated rings.